The number of carbonyl (C=O) groups excluding carboxylic acids is 1. The van der Waals surface area contributed by atoms with Crippen LogP contribution in [0.5, 0.6) is 0 Å². The Morgan fingerprint density at radius 2 is 2.12 bits per heavy atom. The largest absolute Gasteiger partial charge is 0.327 e. The quantitative estimate of drug-likeness (QED) is 0.883. The first-order valence-electron chi connectivity index (χ1n) is 5.09. The van der Waals surface area contributed by atoms with E-state index in [1.165, 1.54) is 0 Å². The van der Waals surface area contributed by atoms with Crippen molar-refractivity contribution < 1.29 is 4.79 Å². The van der Waals surface area contributed by atoms with Crippen molar-refractivity contribution in [2.45, 2.75) is 26.3 Å². The molecule has 1 amide bonds. The molecule has 0 saturated carbocycles. The maximum absolute atomic E-state index is 11.7. The zero-order valence-corrected chi connectivity index (χ0v) is 10.8. The van der Waals surface area contributed by atoms with E-state index in [1.54, 1.807) is 11.9 Å². The van der Waals surface area contributed by atoms with E-state index in [1.807, 2.05) is 38.1 Å². The summed E-state index contributed by atoms with van der Waals surface area (Å²) in [5.41, 5.74) is 7.66. The van der Waals surface area contributed by atoms with Gasteiger partial charge in [-0.3, -0.25) is 4.79 Å². The highest BCUT2D eigenvalue weighted by Crippen LogP contribution is 2.15. The third-order valence-corrected chi connectivity index (χ3v) is 2.26. The van der Waals surface area contributed by atoms with Crippen LogP contribution in [0, 0.1) is 6.92 Å². The van der Waals surface area contributed by atoms with Crippen LogP contribution in [-0.2, 0) is 4.79 Å². The van der Waals surface area contributed by atoms with Crippen LogP contribution < -0.4 is 10.6 Å². The molecule has 1 rings (SSSR count). The SMILES string of the molecule is Cc1cccc(N(C)C(=O)CC(C)N)c1.Cl. The van der Waals surface area contributed by atoms with Crippen molar-refractivity contribution in [1.82, 2.24) is 0 Å². The van der Waals surface area contributed by atoms with Gasteiger partial charge in [-0.25, -0.2) is 0 Å². The summed E-state index contributed by atoms with van der Waals surface area (Å²) in [5, 5.41) is 0. The number of hydrogen-bond acceptors (Lipinski definition) is 2. The van der Waals surface area contributed by atoms with Crippen molar-refractivity contribution in [3.8, 4) is 0 Å². The molecule has 1 aromatic rings. The van der Waals surface area contributed by atoms with Gasteiger partial charge in [0, 0.05) is 25.2 Å². The average molecular weight is 243 g/mol. The second kappa shape index (κ2) is 6.51. The molecular weight excluding hydrogens is 224 g/mol. The lowest BCUT2D eigenvalue weighted by Gasteiger charge is -2.18. The summed E-state index contributed by atoms with van der Waals surface area (Å²) < 4.78 is 0. The summed E-state index contributed by atoms with van der Waals surface area (Å²) in [5.74, 6) is 0.0515. The lowest BCUT2D eigenvalue weighted by molar-refractivity contribution is -0.118. The molecule has 0 saturated heterocycles. The predicted octanol–water partition coefficient (Wildman–Crippen LogP) is 2.12. The van der Waals surface area contributed by atoms with Crippen molar-refractivity contribution in [3.63, 3.8) is 0 Å². The van der Waals surface area contributed by atoms with Gasteiger partial charge >= 0.3 is 0 Å². The highest BCUT2D eigenvalue weighted by Gasteiger charge is 2.12. The van der Waals surface area contributed by atoms with Gasteiger partial charge in [-0.15, -0.1) is 12.4 Å². The lowest BCUT2D eigenvalue weighted by Crippen LogP contribution is -2.31. The maximum atomic E-state index is 11.7. The smallest absolute Gasteiger partial charge is 0.228 e. The topological polar surface area (TPSA) is 46.3 Å². The van der Waals surface area contributed by atoms with Gasteiger partial charge in [-0.1, -0.05) is 12.1 Å². The molecule has 1 unspecified atom stereocenters. The third kappa shape index (κ3) is 4.21. The molecule has 0 aromatic heterocycles. The first kappa shape index (κ1) is 14.9. The van der Waals surface area contributed by atoms with Crippen LogP contribution in [0.3, 0.4) is 0 Å². The summed E-state index contributed by atoms with van der Waals surface area (Å²) in [4.78, 5) is 13.4. The number of carbonyl (C=O) groups is 1. The van der Waals surface area contributed by atoms with Crippen molar-refractivity contribution in [3.05, 3.63) is 29.8 Å². The fourth-order valence-electron chi connectivity index (χ4n) is 1.39. The Morgan fingerprint density at radius 3 is 2.62 bits per heavy atom. The molecule has 0 spiro atoms. The van der Waals surface area contributed by atoms with Crippen LogP contribution in [0.2, 0.25) is 0 Å². The number of halogens is 1. The normalized spacial score (nSPS) is 11.5. The van der Waals surface area contributed by atoms with E-state index in [0.29, 0.717) is 6.42 Å². The monoisotopic (exact) mass is 242 g/mol. The minimum atomic E-state index is -0.0928. The zero-order chi connectivity index (χ0) is 11.4. The number of benzene rings is 1. The van der Waals surface area contributed by atoms with Crippen LogP contribution in [0.4, 0.5) is 5.69 Å². The Kier molecular flexibility index (Phi) is 6.08. The van der Waals surface area contributed by atoms with E-state index >= 15 is 0 Å². The number of anilines is 1. The Bertz CT molecular complexity index is 353. The van der Waals surface area contributed by atoms with Gasteiger partial charge in [0.25, 0.3) is 0 Å². The summed E-state index contributed by atoms with van der Waals surface area (Å²) in [6.07, 6.45) is 0.379. The zero-order valence-electron chi connectivity index (χ0n) is 9.93. The molecule has 0 aliphatic carbocycles. The van der Waals surface area contributed by atoms with Gasteiger partial charge in [0.15, 0.2) is 0 Å². The minimum absolute atomic E-state index is 0. The lowest BCUT2D eigenvalue weighted by atomic mass is 10.2. The van der Waals surface area contributed by atoms with Crippen molar-refractivity contribution in [2.75, 3.05) is 11.9 Å². The molecule has 0 radical (unpaired) electrons. The highest BCUT2D eigenvalue weighted by molar-refractivity contribution is 5.93. The molecular formula is C12H19ClN2O. The average Bonchev–Trinajstić information content (AvgIpc) is 2.15. The van der Waals surface area contributed by atoms with E-state index in [4.69, 9.17) is 5.73 Å². The summed E-state index contributed by atoms with van der Waals surface area (Å²) >= 11 is 0. The van der Waals surface area contributed by atoms with Gasteiger partial charge < -0.3 is 10.6 Å². The standard InChI is InChI=1S/C12H18N2O.ClH/c1-9-5-4-6-11(7-9)14(3)12(15)8-10(2)13;/h4-7,10H,8,13H2,1-3H3;1H. The van der Waals surface area contributed by atoms with Gasteiger partial charge in [-0.05, 0) is 31.5 Å². The second-order valence-corrected chi connectivity index (χ2v) is 3.97. The van der Waals surface area contributed by atoms with Crippen molar-refractivity contribution in [2.24, 2.45) is 5.73 Å². The minimum Gasteiger partial charge on any atom is -0.327 e. The fraction of sp³-hybridized carbons (Fsp3) is 0.417. The maximum Gasteiger partial charge on any atom is 0.228 e. The van der Waals surface area contributed by atoms with Crippen LogP contribution in [0.25, 0.3) is 0 Å². The van der Waals surface area contributed by atoms with Gasteiger partial charge in [0.1, 0.15) is 0 Å². The molecule has 2 N–H and O–H groups in total. The number of amides is 1. The molecule has 1 atom stereocenters. The van der Waals surface area contributed by atoms with Crippen LogP contribution in [0.15, 0.2) is 24.3 Å². The highest BCUT2D eigenvalue weighted by atomic mass is 35.5. The number of hydrogen-bond donors (Lipinski definition) is 1. The first-order chi connectivity index (χ1) is 7.00. The van der Waals surface area contributed by atoms with Gasteiger partial charge in [0.05, 0.1) is 0 Å². The van der Waals surface area contributed by atoms with E-state index in [0.717, 1.165) is 11.3 Å². The molecule has 1 aromatic carbocycles. The molecule has 3 nitrogen and oxygen atoms in total. The Hall–Kier alpha value is -1.06. The van der Waals surface area contributed by atoms with Gasteiger partial charge in [0.2, 0.25) is 5.91 Å². The first-order valence-corrected chi connectivity index (χ1v) is 5.09. The molecule has 0 bridgehead atoms. The van der Waals surface area contributed by atoms with Crippen molar-refractivity contribution in [1.29, 1.82) is 0 Å². The Morgan fingerprint density at radius 1 is 1.50 bits per heavy atom. The predicted molar refractivity (Wildman–Crippen MR) is 70.1 cm³/mol. The van der Waals surface area contributed by atoms with E-state index in [9.17, 15) is 4.79 Å². The second-order valence-electron chi connectivity index (χ2n) is 3.97. The molecule has 4 heteroatoms. The Balaban J connectivity index is 0.00000225. The summed E-state index contributed by atoms with van der Waals surface area (Å²) in [6.45, 7) is 3.84. The summed E-state index contributed by atoms with van der Waals surface area (Å²) in [7, 11) is 1.78. The molecule has 0 aliphatic rings. The van der Waals surface area contributed by atoms with Gasteiger partial charge in [-0.2, -0.15) is 0 Å². The summed E-state index contributed by atoms with van der Waals surface area (Å²) in [6, 6.07) is 7.77. The van der Waals surface area contributed by atoms with E-state index < -0.39 is 0 Å². The number of nitrogens with two attached hydrogens (primary N) is 1. The molecule has 90 valence electrons. The van der Waals surface area contributed by atoms with Crippen LogP contribution in [0.1, 0.15) is 18.9 Å². The van der Waals surface area contributed by atoms with E-state index in [2.05, 4.69) is 0 Å². The van der Waals surface area contributed by atoms with Crippen molar-refractivity contribution >= 4 is 24.0 Å². The number of nitrogens with zero attached hydrogens (tertiary/aromatic N) is 1. The van der Waals surface area contributed by atoms with Crippen LogP contribution in [-0.4, -0.2) is 19.0 Å². The molecule has 16 heavy (non-hydrogen) atoms. The Labute approximate surface area is 103 Å². The molecule has 0 fully saturated rings. The van der Waals surface area contributed by atoms with Crippen LogP contribution >= 0.6 is 12.4 Å². The third-order valence-electron chi connectivity index (χ3n) is 2.26. The molecule has 0 aliphatic heterocycles. The fourth-order valence-corrected chi connectivity index (χ4v) is 1.39. The van der Waals surface area contributed by atoms with E-state index in [-0.39, 0.29) is 24.4 Å². The molecule has 0 heterocycles. The number of aryl methyl sites for hydroxylation is 1. The number of rotatable bonds is 3.